The van der Waals surface area contributed by atoms with Gasteiger partial charge in [0, 0.05) is 66.6 Å². The van der Waals surface area contributed by atoms with Gasteiger partial charge in [-0.2, -0.15) is 0 Å². The highest BCUT2D eigenvalue weighted by molar-refractivity contribution is 5.62. The van der Waals surface area contributed by atoms with Gasteiger partial charge in [-0.3, -0.25) is 4.90 Å². The third-order valence-electron chi connectivity index (χ3n) is 10.6. The molecule has 2 bridgehead atoms. The average molecular weight is 485 g/mol. The predicted molar refractivity (Wildman–Crippen MR) is 145 cm³/mol. The van der Waals surface area contributed by atoms with E-state index in [0.29, 0.717) is 18.0 Å². The van der Waals surface area contributed by atoms with Gasteiger partial charge >= 0.3 is 0 Å². The van der Waals surface area contributed by atoms with E-state index in [1.54, 1.807) is 5.56 Å². The summed E-state index contributed by atoms with van der Waals surface area (Å²) in [7, 11) is 0. The molecule has 2 saturated heterocycles. The predicted octanol–water partition coefficient (Wildman–Crippen LogP) is 2.60. The molecule has 0 amide bonds. The minimum atomic E-state index is 0.00422. The largest absolute Gasteiger partial charge is 0.379 e. The molecule has 4 heterocycles. The lowest BCUT2D eigenvalue weighted by Crippen LogP contribution is -2.91. The normalized spacial score (nSPS) is 36.8. The summed E-state index contributed by atoms with van der Waals surface area (Å²) in [4.78, 5) is 5.63. The summed E-state index contributed by atoms with van der Waals surface area (Å²) < 4.78 is 0. The molecule has 3 aliphatic carbocycles. The quantitative estimate of drug-likeness (QED) is 0.535. The zero-order valence-electron chi connectivity index (χ0n) is 21.4. The van der Waals surface area contributed by atoms with E-state index in [1.807, 2.05) is 0 Å². The molecule has 2 aromatic rings. The Labute approximate surface area is 215 Å². The Hall–Kier alpha value is -2.12. The van der Waals surface area contributed by atoms with Gasteiger partial charge in [0.1, 0.15) is 0 Å². The van der Waals surface area contributed by atoms with Crippen LogP contribution in [0.25, 0.3) is 0 Å². The number of benzene rings is 2. The molecule has 9 rings (SSSR count). The Morgan fingerprint density at radius 2 is 1.67 bits per heavy atom. The van der Waals surface area contributed by atoms with Crippen LogP contribution < -0.4 is 26.6 Å². The van der Waals surface area contributed by atoms with Crippen LogP contribution in [-0.2, 0) is 25.9 Å². The zero-order chi connectivity index (χ0) is 23.9. The first-order valence-corrected chi connectivity index (χ1v) is 14.3. The van der Waals surface area contributed by atoms with E-state index in [4.69, 9.17) is 5.73 Å². The van der Waals surface area contributed by atoms with Gasteiger partial charge in [0.25, 0.3) is 0 Å². The fourth-order valence-corrected chi connectivity index (χ4v) is 9.14. The van der Waals surface area contributed by atoms with E-state index in [1.165, 1.54) is 54.0 Å². The van der Waals surface area contributed by atoms with Gasteiger partial charge in [0.15, 0.2) is 0 Å². The molecule has 190 valence electrons. The first-order valence-electron chi connectivity index (χ1n) is 14.3. The fourth-order valence-electron chi connectivity index (χ4n) is 9.14. The van der Waals surface area contributed by atoms with Gasteiger partial charge in [-0.25, -0.2) is 0 Å². The van der Waals surface area contributed by atoms with Crippen molar-refractivity contribution in [3.63, 3.8) is 0 Å². The van der Waals surface area contributed by atoms with Crippen molar-refractivity contribution in [2.24, 2.45) is 11.7 Å². The Balaban J connectivity index is 1.11. The van der Waals surface area contributed by atoms with Crippen LogP contribution in [0, 0.1) is 5.92 Å². The van der Waals surface area contributed by atoms with Crippen molar-refractivity contribution < 1.29 is 0 Å². The van der Waals surface area contributed by atoms with Gasteiger partial charge < -0.3 is 26.6 Å². The molecule has 0 radical (unpaired) electrons. The summed E-state index contributed by atoms with van der Waals surface area (Å²) in [5, 5.41) is 11.2. The van der Waals surface area contributed by atoms with E-state index in [0.717, 1.165) is 58.4 Å². The lowest BCUT2D eigenvalue weighted by atomic mass is 9.35. The number of anilines is 2. The minimum absolute atomic E-state index is 0.00422. The highest BCUT2D eigenvalue weighted by Crippen LogP contribution is 2.67. The van der Waals surface area contributed by atoms with Gasteiger partial charge in [0.05, 0.1) is 0 Å². The standard InChI is InChI=1S/C30H40N6/c31-29-18-30(19-29,34-25-7-1-4-20-14-32-11-9-23(20)25)28(29)27-17-35(16-22-6-3-13-36(22)27)26-8-2-5-21-15-33-12-10-24(21)26/h1-2,4-5,7-8,22,27-28,32-34H,3,6,9-19,31H2/t22-,27?,28?,29?,30?/m1/s1. The Kier molecular flexibility index (Phi) is 4.83. The van der Waals surface area contributed by atoms with Crippen LogP contribution in [0.2, 0.25) is 0 Å². The molecule has 0 spiro atoms. The molecule has 6 nitrogen and oxygen atoms in total. The molecular formula is C30H40N6. The SMILES string of the molecule is NC12CC(Nc3cccc4c3CCNC4)(C1)C2C1CN(c2cccc3c2CCNC3)C[C@H]2CCCN12. The summed E-state index contributed by atoms with van der Waals surface area (Å²) in [6, 6.07) is 15.0. The van der Waals surface area contributed by atoms with Gasteiger partial charge in [0.2, 0.25) is 0 Å². The molecule has 3 atom stereocenters. The minimum Gasteiger partial charge on any atom is -0.379 e. The summed E-state index contributed by atoms with van der Waals surface area (Å²) in [5.41, 5.74) is 16.2. The second-order valence-electron chi connectivity index (χ2n) is 12.6. The van der Waals surface area contributed by atoms with Crippen LogP contribution in [0.3, 0.4) is 0 Å². The zero-order valence-corrected chi connectivity index (χ0v) is 21.4. The first-order chi connectivity index (χ1) is 17.6. The highest BCUT2D eigenvalue weighted by Gasteiger charge is 2.76. The number of nitrogens with two attached hydrogens (primary N) is 1. The van der Waals surface area contributed by atoms with Crippen LogP contribution in [0.5, 0.6) is 0 Å². The third kappa shape index (κ3) is 3.11. The van der Waals surface area contributed by atoms with Crippen molar-refractivity contribution in [2.75, 3.05) is 42.9 Å². The Morgan fingerprint density at radius 1 is 0.917 bits per heavy atom. The number of hydrogen-bond donors (Lipinski definition) is 4. The summed E-state index contributed by atoms with van der Waals surface area (Å²) in [6.45, 7) is 7.70. The third-order valence-corrected chi connectivity index (χ3v) is 10.6. The van der Waals surface area contributed by atoms with Crippen LogP contribution in [-0.4, -0.2) is 60.8 Å². The second-order valence-corrected chi connectivity index (χ2v) is 12.6. The topological polar surface area (TPSA) is 68.6 Å². The molecule has 5 N–H and O–H groups in total. The van der Waals surface area contributed by atoms with Crippen molar-refractivity contribution in [2.45, 2.75) is 74.8 Å². The van der Waals surface area contributed by atoms with Gasteiger partial charge in [-0.05, 0) is 92.5 Å². The molecule has 5 fully saturated rings. The number of nitrogens with zero attached hydrogens (tertiary/aromatic N) is 2. The molecule has 4 aliphatic heterocycles. The van der Waals surface area contributed by atoms with Crippen LogP contribution in [0.1, 0.15) is 47.9 Å². The lowest BCUT2D eigenvalue weighted by molar-refractivity contribution is -0.162. The number of rotatable bonds is 4. The molecule has 2 unspecified atom stereocenters. The van der Waals surface area contributed by atoms with Crippen LogP contribution in [0.4, 0.5) is 11.4 Å². The molecule has 3 saturated carbocycles. The molecule has 7 aliphatic rings. The molecular weight excluding hydrogens is 444 g/mol. The number of fused-ring (bicyclic) bond motifs is 3. The van der Waals surface area contributed by atoms with E-state index in [2.05, 4.69) is 62.1 Å². The van der Waals surface area contributed by atoms with Gasteiger partial charge in [-0.1, -0.05) is 24.3 Å². The van der Waals surface area contributed by atoms with Gasteiger partial charge in [-0.15, -0.1) is 0 Å². The maximum absolute atomic E-state index is 7.11. The number of piperazine rings is 1. The molecule has 2 aromatic carbocycles. The lowest BCUT2D eigenvalue weighted by Gasteiger charge is -2.78. The van der Waals surface area contributed by atoms with E-state index < -0.39 is 0 Å². The van der Waals surface area contributed by atoms with Crippen molar-refractivity contribution in [3.05, 3.63) is 58.7 Å². The molecule has 36 heavy (non-hydrogen) atoms. The van der Waals surface area contributed by atoms with Crippen LogP contribution in [0.15, 0.2) is 36.4 Å². The number of nitrogens with one attached hydrogen (secondary N) is 3. The Bertz CT molecular complexity index is 1190. The summed E-state index contributed by atoms with van der Waals surface area (Å²) >= 11 is 0. The molecule has 0 aromatic heterocycles. The number of hydrogen-bond acceptors (Lipinski definition) is 6. The monoisotopic (exact) mass is 484 g/mol. The van der Waals surface area contributed by atoms with Crippen molar-refractivity contribution in [1.29, 1.82) is 0 Å². The van der Waals surface area contributed by atoms with Crippen molar-refractivity contribution in [3.8, 4) is 0 Å². The average Bonchev–Trinajstić information content (AvgIpc) is 3.37. The maximum atomic E-state index is 7.11. The van der Waals surface area contributed by atoms with E-state index >= 15 is 0 Å². The van der Waals surface area contributed by atoms with Crippen molar-refractivity contribution in [1.82, 2.24) is 15.5 Å². The second kappa shape index (κ2) is 7.94. The Morgan fingerprint density at radius 3 is 2.47 bits per heavy atom. The van der Waals surface area contributed by atoms with E-state index in [-0.39, 0.29) is 11.1 Å². The summed E-state index contributed by atoms with van der Waals surface area (Å²) in [6.07, 6.45) is 7.16. The highest BCUT2D eigenvalue weighted by atomic mass is 15.3. The maximum Gasteiger partial charge on any atom is 0.0470 e. The van der Waals surface area contributed by atoms with E-state index in [9.17, 15) is 0 Å². The first kappa shape index (κ1) is 21.9. The molecule has 6 heteroatoms. The summed E-state index contributed by atoms with van der Waals surface area (Å²) in [5.74, 6) is 0.521. The van der Waals surface area contributed by atoms with Crippen LogP contribution >= 0.6 is 0 Å². The smallest absolute Gasteiger partial charge is 0.0470 e. The van der Waals surface area contributed by atoms with Crippen molar-refractivity contribution >= 4 is 11.4 Å². The fraction of sp³-hybridized carbons (Fsp3) is 0.600.